The lowest BCUT2D eigenvalue weighted by Crippen LogP contribution is -2.12. The Morgan fingerprint density at radius 3 is 2.87 bits per heavy atom. The molecule has 0 saturated carbocycles. The molecule has 0 bridgehead atoms. The lowest BCUT2D eigenvalue weighted by Gasteiger charge is -2.09. The minimum Gasteiger partial charge on any atom is -0.323 e. The van der Waals surface area contributed by atoms with Crippen LogP contribution in [0.5, 0.6) is 0 Å². The minimum atomic E-state index is 0.0711. The number of nitrogens with two attached hydrogens (primary N) is 1. The third-order valence-electron chi connectivity index (χ3n) is 2.86. The van der Waals surface area contributed by atoms with E-state index < -0.39 is 0 Å². The van der Waals surface area contributed by atoms with E-state index in [4.69, 9.17) is 5.73 Å². The van der Waals surface area contributed by atoms with Crippen molar-refractivity contribution in [1.82, 2.24) is 9.38 Å². The number of hydrogen-bond donors (Lipinski definition) is 1. The van der Waals surface area contributed by atoms with Crippen molar-refractivity contribution in [2.24, 2.45) is 5.73 Å². The summed E-state index contributed by atoms with van der Waals surface area (Å²) in [4.78, 5) is 4.56. The maximum absolute atomic E-state index is 6.09. The molecule has 2 heterocycles. The summed E-state index contributed by atoms with van der Waals surface area (Å²) in [5.41, 5.74) is 10.5. The van der Waals surface area contributed by atoms with Gasteiger partial charge in [-0.2, -0.15) is 0 Å². The first-order valence-corrected chi connectivity index (χ1v) is 5.35. The lowest BCUT2D eigenvalue weighted by atomic mass is 10.1. The smallest absolute Gasteiger partial charge is 0.140 e. The summed E-state index contributed by atoms with van der Waals surface area (Å²) in [5, 5.41) is 0. The van der Waals surface area contributed by atoms with Gasteiger partial charge in [0.05, 0.1) is 11.4 Å². The number of aryl methyl sites for hydroxylation is 2. The molecular formula is C12H17N3. The Morgan fingerprint density at radius 2 is 2.20 bits per heavy atom. The van der Waals surface area contributed by atoms with Gasteiger partial charge in [0, 0.05) is 12.2 Å². The lowest BCUT2D eigenvalue weighted by molar-refractivity contribution is 0.663. The molecule has 15 heavy (non-hydrogen) atoms. The molecule has 2 aromatic heterocycles. The molecule has 1 unspecified atom stereocenters. The zero-order valence-corrected chi connectivity index (χ0v) is 9.49. The molecule has 0 radical (unpaired) electrons. The fourth-order valence-electron chi connectivity index (χ4n) is 1.98. The molecule has 2 aromatic rings. The largest absolute Gasteiger partial charge is 0.323 e. The summed E-state index contributed by atoms with van der Waals surface area (Å²) in [6.07, 6.45) is 2.97. The van der Waals surface area contributed by atoms with Crippen LogP contribution < -0.4 is 5.73 Å². The van der Waals surface area contributed by atoms with E-state index in [9.17, 15) is 0 Å². The summed E-state index contributed by atoms with van der Waals surface area (Å²) < 4.78 is 2.11. The van der Waals surface area contributed by atoms with Crippen LogP contribution in [0.25, 0.3) is 5.65 Å². The van der Waals surface area contributed by atoms with Gasteiger partial charge in [-0.3, -0.25) is 0 Å². The molecule has 0 amide bonds. The fourth-order valence-corrected chi connectivity index (χ4v) is 1.98. The number of hydrogen-bond acceptors (Lipinski definition) is 2. The molecule has 3 heteroatoms. The van der Waals surface area contributed by atoms with E-state index >= 15 is 0 Å². The van der Waals surface area contributed by atoms with Crippen LogP contribution in [0.4, 0.5) is 0 Å². The highest BCUT2D eigenvalue weighted by Crippen LogP contribution is 2.21. The predicted molar refractivity (Wildman–Crippen MR) is 61.9 cm³/mol. The van der Waals surface area contributed by atoms with Gasteiger partial charge in [0.25, 0.3) is 0 Å². The molecule has 0 aliphatic heterocycles. The second kappa shape index (κ2) is 3.66. The van der Waals surface area contributed by atoms with Crippen LogP contribution in [0.15, 0.2) is 18.3 Å². The molecule has 0 saturated heterocycles. The number of pyridine rings is 1. The van der Waals surface area contributed by atoms with Crippen LogP contribution in [0, 0.1) is 13.8 Å². The van der Waals surface area contributed by atoms with Gasteiger partial charge in [0.2, 0.25) is 0 Å². The van der Waals surface area contributed by atoms with E-state index in [1.807, 2.05) is 19.2 Å². The molecule has 0 spiro atoms. The molecular weight excluding hydrogens is 186 g/mol. The van der Waals surface area contributed by atoms with Crippen molar-refractivity contribution in [1.29, 1.82) is 0 Å². The average Bonchev–Trinajstić information content (AvgIpc) is 2.55. The molecule has 3 nitrogen and oxygen atoms in total. The number of aromatic nitrogens is 2. The van der Waals surface area contributed by atoms with Crippen molar-refractivity contribution in [3.05, 3.63) is 35.3 Å². The highest BCUT2D eigenvalue weighted by atomic mass is 15.0. The Balaban J connectivity index is 2.73. The van der Waals surface area contributed by atoms with E-state index in [1.165, 1.54) is 5.56 Å². The van der Waals surface area contributed by atoms with E-state index in [-0.39, 0.29) is 6.04 Å². The first kappa shape index (κ1) is 10.2. The summed E-state index contributed by atoms with van der Waals surface area (Å²) in [5.74, 6) is 0. The summed E-state index contributed by atoms with van der Waals surface area (Å²) in [6.45, 7) is 6.19. The van der Waals surface area contributed by atoms with Crippen LogP contribution in [-0.2, 0) is 0 Å². The third kappa shape index (κ3) is 1.53. The number of imidazole rings is 1. The van der Waals surface area contributed by atoms with E-state index in [0.717, 1.165) is 23.5 Å². The molecule has 0 aliphatic rings. The molecule has 0 fully saturated rings. The first-order valence-electron chi connectivity index (χ1n) is 5.35. The van der Waals surface area contributed by atoms with E-state index in [2.05, 4.69) is 29.3 Å². The van der Waals surface area contributed by atoms with Crippen LogP contribution in [-0.4, -0.2) is 9.38 Å². The van der Waals surface area contributed by atoms with Gasteiger partial charge < -0.3 is 10.1 Å². The maximum Gasteiger partial charge on any atom is 0.140 e. The Morgan fingerprint density at radius 1 is 1.47 bits per heavy atom. The van der Waals surface area contributed by atoms with Gasteiger partial charge in [-0.15, -0.1) is 0 Å². The summed E-state index contributed by atoms with van der Waals surface area (Å²) in [7, 11) is 0. The minimum absolute atomic E-state index is 0.0711. The molecule has 0 aromatic carbocycles. The highest BCUT2D eigenvalue weighted by Gasteiger charge is 2.14. The van der Waals surface area contributed by atoms with Crippen LogP contribution in [0.1, 0.15) is 36.3 Å². The van der Waals surface area contributed by atoms with Crippen LogP contribution in [0.3, 0.4) is 0 Å². The molecule has 1 atom stereocenters. The van der Waals surface area contributed by atoms with Crippen molar-refractivity contribution in [3.63, 3.8) is 0 Å². The summed E-state index contributed by atoms with van der Waals surface area (Å²) >= 11 is 0. The highest BCUT2D eigenvalue weighted by molar-refractivity contribution is 5.50. The van der Waals surface area contributed by atoms with Crippen molar-refractivity contribution >= 4 is 5.65 Å². The van der Waals surface area contributed by atoms with Crippen molar-refractivity contribution in [2.45, 2.75) is 33.2 Å². The van der Waals surface area contributed by atoms with Crippen LogP contribution in [0.2, 0.25) is 0 Å². The third-order valence-corrected chi connectivity index (χ3v) is 2.86. The number of rotatable bonds is 2. The summed E-state index contributed by atoms with van der Waals surface area (Å²) in [6, 6.07) is 4.18. The van der Waals surface area contributed by atoms with Crippen molar-refractivity contribution in [2.75, 3.05) is 0 Å². The topological polar surface area (TPSA) is 43.3 Å². The quantitative estimate of drug-likeness (QED) is 0.814. The molecule has 80 valence electrons. The predicted octanol–water partition coefficient (Wildman–Crippen LogP) is 2.36. The van der Waals surface area contributed by atoms with Gasteiger partial charge in [0.1, 0.15) is 5.65 Å². The molecule has 2 N–H and O–H groups in total. The van der Waals surface area contributed by atoms with E-state index in [1.54, 1.807) is 0 Å². The second-order valence-corrected chi connectivity index (χ2v) is 3.98. The Kier molecular flexibility index (Phi) is 2.49. The standard InChI is InChI=1S/C12H17N3/c1-4-10(13)11-9(3)14-12-8(2)6-5-7-15(11)12/h5-7,10H,4,13H2,1-3H3. The molecule has 2 rings (SSSR count). The van der Waals surface area contributed by atoms with Gasteiger partial charge in [-0.05, 0) is 31.9 Å². The molecule has 0 aliphatic carbocycles. The van der Waals surface area contributed by atoms with Gasteiger partial charge in [0.15, 0.2) is 0 Å². The number of nitrogens with zero attached hydrogens (tertiary/aromatic N) is 2. The Bertz CT molecular complexity index is 485. The zero-order valence-electron chi connectivity index (χ0n) is 9.49. The first-order chi connectivity index (χ1) is 7.15. The Labute approximate surface area is 89.9 Å². The number of fused-ring (bicyclic) bond motifs is 1. The fraction of sp³-hybridized carbons (Fsp3) is 0.417. The SMILES string of the molecule is CCC(N)c1c(C)nc2c(C)cccn12. The second-order valence-electron chi connectivity index (χ2n) is 3.98. The average molecular weight is 203 g/mol. The normalized spacial score (nSPS) is 13.3. The zero-order chi connectivity index (χ0) is 11.0. The van der Waals surface area contributed by atoms with E-state index in [0.29, 0.717) is 0 Å². The van der Waals surface area contributed by atoms with Crippen molar-refractivity contribution < 1.29 is 0 Å². The monoisotopic (exact) mass is 203 g/mol. The Hall–Kier alpha value is -1.35. The van der Waals surface area contributed by atoms with Gasteiger partial charge in [-0.1, -0.05) is 13.0 Å². The van der Waals surface area contributed by atoms with Crippen LogP contribution >= 0.6 is 0 Å². The van der Waals surface area contributed by atoms with Crippen molar-refractivity contribution in [3.8, 4) is 0 Å². The van der Waals surface area contributed by atoms with Gasteiger partial charge in [-0.25, -0.2) is 4.98 Å². The van der Waals surface area contributed by atoms with Gasteiger partial charge >= 0.3 is 0 Å². The maximum atomic E-state index is 6.09.